The van der Waals surface area contributed by atoms with E-state index in [0.29, 0.717) is 0 Å². The van der Waals surface area contributed by atoms with Gasteiger partial charge in [0.2, 0.25) is 0 Å². The Labute approximate surface area is 310 Å². The predicted octanol–water partition coefficient (Wildman–Crippen LogP) is 10.5. The molecule has 4 aromatic heterocycles. The highest BCUT2D eigenvalue weighted by Gasteiger charge is 2.26. The smallest absolute Gasteiger partial charge is 0.147 e. The molecule has 0 fully saturated rings. The Morgan fingerprint density at radius 3 is 2.02 bits per heavy atom. The maximum atomic E-state index is 6.59. The van der Waals surface area contributed by atoms with Crippen molar-refractivity contribution in [1.29, 1.82) is 0 Å². The quantitative estimate of drug-likeness (QED) is 0.104. The molecule has 4 heterocycles. The first-order valence-corrected chi connectivity index (χ1v) is 20.5. The third kappa shape index (κ3) is 4.61. The SMILES string of the molecule is S=P(c1ccccc1)(c1ccncc1)c1cnc2cc(-c3ccc4nc5c6c7ccccc7ccc6c6cc7ccccc7cc6n5c4c3)ccc2c1. The molecule has 0 bridgehead atoms. The van der Waals surface area contributed by atoms with Gasteiger partial charge >= 0.3 is 0 Å². The molecule has 1 atom stereocenters. The van der Waals surface area contributed by atoms with E-state index in [-0.39, 0.29) is 0 Å². The first-order chi connectivity index (χ1) is 26.1. The number of hydrogen-bond acceptors (Lipinski definition) is 4. The lowest BCUT2D eigenvalue weighted by Gasteiger charge is -2.23. The molecule has 7 aromatic carbocycles. The van der Waals surface area contributed by atoms with Gasteiger partial charge in [-0.05, 0) is 97.2 Å². The Morgan fingerprint density at radius 1 is 0.472 bits per heavy atom. The Bertz CT molecular complexity index is 3280. The van der Waals surface area contributed by atoms with Crippen LogP contribution in [0, 0.1) is 0 Å². The Hall–Kier alpha value is -6.26. The van der Waals surface area contributed by atoms with Crippen molar-refractivity contribution in [2.24, 2.45) is 0 Å². The van der Waals surface area contributed by atoms with Crippen molar-refractivity contribution in [3.63, 3.8) is 0 Å². The van der Waals surface area contributed by atoms with Crippen LogP contribution in [-0.2, 0) is 11.8 Å². The highest BCUT2D eigenvalue weighted by atomic mass is 32.4. The zero-order valence-electron chi connectivity index (χ0n) is 28.4. The van der Waals surface area contributed by atoms with Gasteiger partial charge in [-0.25, -0.2) is 4.98 Å². The average Bonchev–Trinajstić information content (AvgIpc) is 3.62. The lowest BCUT2D eigenvalue weighted by atomic mass is 9.97. The molecule has 0 aliphatic heterocycles. The van der Waals surface area contributed by atoms with Gasteiger partial charge in [0.25, 0.3) is 0 Å². The predicted molar refractivity (Wildman–Crippen MR) is 227 cm³/mol. The van der Waals surface area contributed by atoms with Crippen LogP contribution in [0.15, 0.2) is 176 Å². The molecule has 0 aliphatic rings. The summed E-state index contributed by atoms with van der Waals surface area (Å²) in [6, 6.07) is 54.0. The van der Waals surface area contributed by atoms with Crippen LogP contribution in [0.2, 0.25) is 0 Å². The van der Waals surface area contributed by atoms with Gasteiger partial charge < -0.3 is 0 Å². The summed E-state index contributed by atoms with van der Waals surface area (Å²) in [6.45, 7) is 0. The van der Waals surface area contributed by atoms with E-state index in [1.54, 1.807) is 0 Å². The van der Waals surface area contributed by atoms with Crippen LogP contribution in [-0.4, -0.2) is 19.4 Å². The number of pyridine rings is 3. The molecule has 53 heavy (non-hydrogen) atoms. The van der Waals surface area contributed by atoms with Gasteiger partial charge in [-0.15, -0.1) is 0 Å². The molecular formula is C47H29N4PS. The van der Waals surface area contributed by atoms with Crippen molar-refractivity contribution in [3.8, 4) is 11.1 Å². The first kappa shape index (κ1) is 30.4. The summed E-state index contributed by atoms with van der Waals surface area (Å²) in [7, 11) is 0. The monoisotopic (exact) mass is 712 g/mol. The van der Waals surface area contributed by atoms with Gasteiger partial charge in [0.1, 0.15) is 5.65 Å². The minimum atomic E-state index is -2.34. The Balaban J connectivity index is 1.11. The second kappa shape index (κ2) is 11.6. The molecule has 0 N–H and O–H groups in total. The van der Waals surface area contributed by atoms with Crippen LogP contribution in [0.25, 0.3) is 81.9 Å². The lowest BCUT2D eigenvalue weighted by molar-refractivity contribution is 1.32. The Morgan fingerprint density at radius 2 is 1.17 bits per heavy atom. The fraction of sp³-hybridized carbons (Fsp3) is 0. The van der Waals surface area contributed by atoms with Gasteiger partial charge in [0.15, 0.2) is 0 Å². The molecule has 0 radical (unpaired) electrons. The molecule has 248 valence electrons. The van der Waals surface area contributed by atoms with Crippen molar-refractivity contribution in [2.75, 3.05) is 0 Å². The highest BCUT2D eigenvalue weighted by Crippen LogP contribution is 2.43. The van der Waals surface area contributed by atoms with Crippen LogP contribution in [0.1, 0.15) is 0 Å². The number of benzene rings is 7. The van der Waals surface area contributed by atoms with E-state index in [4.69, 9.17) is 21.8 Å². The summed E-state index contributed by atoms with van der Waals surface area (Å²) in [4.78, 5) is 14.6. The van der Waals surface area contributed by atoms with E-state index in [2.05, 4.69) is 149 Å². The molecule has 0 saturated heterocycles. The van der Waals surface area contributed by atoms with E-state index < -0.39 is 6.04 Å². The van der Waals surface area contributed by atoms with Crippen LogP contribution >= 0.6 is 6.04 Å². The standard InChI is InChI=1S/C47H29N4PS/c53-52(36-11-2-1-3-12-36,37-20-22-48-23-21-37)38-24-35-15-14-33(26-43(35)49-29-38)34-17-19-42-45(28-34)51-44-27-32-10-5-4-9-31(32)25-41(44)40-18-16-30-8-6-7-13-39(30)46(40)47(51)50-42/h1-29H. The van der Waals surface area contributed by atoms with E-state index >= 15 is 0 Å². The maximum Gasteiger partial charge on any atom is 0.147 e. The van der Waals surface area contributed by atoms with E-state index in [9.17, 15) is 0 Å². The van der Waals surface area contributed by atoms with Gasteiger partial charge in [-0.1, -0.05) is 121 Å². The molecule has 0 amide bonds. The van der Waals surface area contributed by atoms with Crippen molar-refractivity contribution in [2.45, 2.75) is 0 Å². The van der Waals surface area contributed by atoms with Crippen molar-refractivity contribution >= 4 is 105 Å². The van der Waals surface area contributed by atoms with E-state index in [1.807, 2.05) is 36.8 Å². The zero-order chi connectivity index (χ0) is 35.1. The van der Waals surface area contributed by atoms with Crippen LogP contribution in [0.3, 0.4) is 0 Å². The van der Waals surface area contributed by atoms with E-state index in [0.717, 1.165) is 60.1 Å². The normalized spacial score (nSPS) is 13.1. The third-order valence-corrected chi connectivity index (χ3v) is 15.6. The van der Waals surface area contributed by atoms with Crippen molar-refractivity contribution < 1.29 is 0 Å². The number of nitrogens with zero attached hydrogens (tertiary/aromatic N) is 4. The lowest BCUT2D eigenvalue weighted by Crippen LogP contribution is -2.25. The first-order valence-electron chi connectivity index (χ1n) is 17.7. The van der Waals surface area contributed by atoms with Gasteiger partial charge in [-0.3, -0.25) is 14.4 Å². The minimum Gasteiger partial charge on any atom is -0.292 e. The molecular weight excluding hydrogens is 684 g/mol. The minimum absolute atomic E-state index is 0.934. The van der Waals surface area contributed by atoms with Gasteiger partial charge in [0, 0.05) is 46.1 Å². The second-order valence-corrected chi connectivity index (χ2v) is 18.1. The number of hydrogen-bond donors (Lipinski definition) is 0. The fourth-order valence-corrected chi connectivity index (χ4v) is 11.7. The highest BCUT2D eigenvalue weighted by molar-refractivity contribution is 8.25. The zero-order valence-corrected chi connectivity index (χ0v) is 30.1. The summed E-state index contributed by atoms with van der Waals surface area (Å²) < 4.78 is 2.37. The summed E-state index contributed by atoms with van der Waals surface area (Å²) in [6.07, 6.45) is 5.65. The molecule has 11 aromatic rings. The second-order valence-electron chi connectivity index (χ2n) is 13.7. The third-order valence-electron chi connectivity index (χ3n) is 10.7. The van der Waals surface area contributed by atoms with Gasteiger partial charge in [0.05, 0.1) is 22.1 Å². The molecule has 0 aliphatic carbocycles. The summed E-state index contributed by atoms with van der Waals surface area (Å²) in [5, 5.41) is 12.8. The summed E-state index contributed by atoms with van der Waals surface area (Å²) in [5.41, 5.74) is 7.33. The summed E-state index contributed by atoms with van der Waals surface area (Å²) >= 11 is 6.59. The molecule has 1 unspecified atom stereocenters. The number of aromatic nitrogens is 4. The fourth-order valence-electron chi connectivity index (χ4n) is 8.13. The van der Waals surface area contributed by atoms with Crippen LogP contribution in [0.4, 0.5) is 0 Å². The van der Waals surface area contributed by atoms with Crippen LogP contribution in [0.5, 0.6) is 0 Å². The average molecular weight is 713 g/mol. The van der Waals surface area contributed by atoms with Crippen LogP contribution < -0.4 is 15.9 Å². The maximum absolute atomic E-state index is 6.59. The van der Waals surface area contributed by atoms with E-state index in [1.165, 1.54) is 37.7 Å². The Kier molecular flexibility index (Phi) is 6.66. The number of rotatable bonds is 4. The topological polar surface area (TPSA) is 43.1 Å². The largest absolute Gasteiger partial charge is 0.292 e. The number of imidazole rings is 1. The number of fused-ring (bicyclic) bond motifs is 12. The van der Waals surface area contributed by atoms with Gasteiger partial charge in [-0.2, -0.15) is 0 Å². The molecule has 0 saturated carbocycles. The molecule has 4 nitrogen and oxygen atoms in total. The van der Waals surface area contributed by atoms with Crippen molar-refractivity contribution in [1.82, 2.24) is 19.4 Å². The molecule has 0 spiro atoms. The molecule has 6 heteroatoms. The van der Waals surface area contributed by atoms with Crippen molar-refractivity contribution in [3.05, 3.63) is 176 Å². The molecule has 11 rings (SSSR count). The summed E-state index contributed by atoms with van der Waals surface area (Å²) in [5.74, 6) is 0.